The lowest BCUT2D eigenvalue weighted by atomic mass is 10.2. The predicted molar refractivity (Wildman–Crippen MR) is 121 cm³/mol. The summed E-state index contributed by atoms with van der Waals surface area (Å²) in [5.74, 6) is 1.02. The molecule has 1 heterocycles. The zero-order valence-corrected chi connectivity index (χ0v) is 17.8. The van der Waals surface area contributed by atoms with Crippen LogP contribution in [0, 0.1) is 0 Å². The van der Waals surface area contributed by atoms with Gasteiger partial charge in [-0.3, -0.25) is 9.59 Å². The molecule has 0 radical (unpaired) electrons. The Labute approximate surface area is 178 Å². The Morgan fingerprint density at radius 2 is 1.93 bits per heavy atom. The molecular weight excluding hydrogens is 400 g/mol. The molecule has 0 aliphatic heterocycles. The minimum absolute atomic E-state index is 0.236. The number of aromatic amines is 1. The normalized spacial score (nSPS) is 12.1. The van der Waals surface area contributed by atoms with Gasteiger partial charge in [-0.05, 0) is 42.3 Å². The first-order chi connectivity index (χ1) is 14.6. The molecule has 0 saturated carbocycles. The average molecular weight is 425 g/mol. The first-order valence-corrected chi connectivity index (χ1v) is 10.5. The summed E-state index contributed by atoms with van der Waals surface area (Å²) in [7, 11) is 1.54. The van der Waals surface area contributed by atoms with Crippen LogP contribution in [0.3, 0.4) is 0 Å². The molecule has 6 nitrogen and oxygen atoms in total. The van der Waals surface area contributed by atoms with E-state index in [1.165, 1.54) is 24.5 Å². The topological polar surface area (TPSA) is 80.4 Å². The number of rotatable bonds is 8. The van der Waals surface area contributed by atoms with E-state index in [-0.39, 0.29) is 11.5 Å². The number of benzene rings is 2. The molecule has 0 aliphatic rings. The molecule has 0 unspecified atom stereocenters. The van der Waals surface area contributed by atoms with Gasteiger partial charge >= 0.3 is 0 Å². The van der Waals surface area contributed by atoms with Crippen LogP contribution in [-0.2, 0) is 4.79 Å². The van der Waals surface area contributed by atoms with Gasteiger partial charge in [0.2, 0.25) is 0 Å². The van der Waals surface area contributed by atoms with Crippen molar-refractivity contribution in [3.05, 3.63) is 73.6 Å². The summed E-state index contributed by atoms with van der Waals surface area (Å²) >= 11 is 1.22. The molecule has 7 heteroatoms. The maximum atomic E-state index is 12.3. The van der Waals surface area contributed by atoms with Crippen LogP contribution in [-0.4, -0.2) is 24.6 Å². The lowest BCUT2D eigenvalue weighted by molar-refractivity contribution is -0.110. The van der Waals surface area contributed by atoms with Crippen LogP contribution in [0.4, 0.5) is 5.69 Å². The van der Waals surface area contributed by atoms with Crippen molar-refractivity contribution in [2.75, 3.05) is 19.0 Å². The van der Waals surface area contributed by atoms with E-state index in [1.54, 1.807) is 24.3 Å². The molecule has 0 aliphatic carbocycles. The van der Waals surface area contributed by atoms with E-state index in [0.29, 0.717) is 27.2 Å². The smallest absolute Gasteiger partial charge is 0.266 e. The van der Waals surface area contributed by atoms with Crippen LogP contribution in [0.25, 0.3) is 12.2 Å². The van der Waals surface area contributed by atoms with Gasteiger partial charge < -0.3 is 19.8 Å². The van der Waals surface area contributed by atoms with Crippen LogP contribution >= 0.6 is 11.3 Å². The largest absolute Gasteiger partial charge is 0.495 e. The number of nitrogens with one attached hydrogen (secondary N) is 2. The first kappa shape index (κ1) is 21.4. The first-order valence-electron chi connectivity index (χ1n) is 9.68. The van der Waals surface area contributed by atoms with Crippen LogP contribution in [0.5, 0.6) is 11.5 Å². The Morgan fingerprint density at radius 3 is 2.67 bits per heavy atom. The number of unbranched alkanes of at least 4 members (excludes halogenated alkanes) is 1. The van der Waals surface area contributed by atoms with Crippen molar-refractivity contribution >= 4 is 35.1 Å². The van der Waals surface area contributed by atoms with Gasteiger partial charge in [-0.1, -0.05) is 37.6 Å². The molecule has 0 atom stereocenters. The van der Waals surface area contributed by atoms with E-state index in [0.717, 1.165) is 24.2 Å². The zero-order valence-electron chi connectivity index (χ0n) is 16.9. The molecule has 2 aromatic carbocycles. The van der Waals surface area contributed by atoms with Gasteiger partial charge in [0.1, 0.15) is 16.2 Å². The van der Waals surface area contributed by atoms with Crippen molar-refractivity contribution in [1.29, 1.82) is 0 Å². The summed E-state index contributed by atoms with van der Waals surface area (Å²) in [6.07, 6.45) is 5.25. The Hall–Kier alpha value is -3.32. The minimum atomic E-state index is -0.350. The van der Waals surface area contributed by atoms with Crippen LogP contribution in [0.1, 0.15) is 25.3 Å². The second-order valence-electron chi connectivity index (χ2n) is 6.53. The molecule has 1 amide bonds. The molecule has 0 saturated heterocycles. The molecule has 0 bridgehead atoms. The van der Waals surface area contributed by atoms with Gasteiger partial charge in [0.15, 0.2) is 0 Å². The highest BCUT2D eigenvalue weighted by molar-refractivity contribution is 7.07. The van der Waals surface area contributed by atoms with Crippen molar-refractivity contribution in [1.82, 2.24) is 4.98 Å². The van der Waals surface area contributed by atoms with Gasteiger partial charge in [-0.2, -0.15) is 0 Å². The number of hydrogen-bond donors (Lipinski definition) is 2. The number of anilines is 1. The number of carbonyl (C=O) groups excluding carboxylic acids is 1. The number of hydrogen-bond acceptors (Lipinski definition) is 5. The monoisotopic (exact) mass is 424 g/mol. The third-order valence-electron chi connectivity index (χ3n) is 4.25. The van der Waals surface area contributed by atoms with E-state index in [9.17, 15) is 9.59 Å². The van der Waals surface area contributed by atoms with Gasteiger partial charge in [0.05, 0.1) is 23.9 Å². The third-order valence-corrected chi connectivity index (χ3v) is 5.21. The Kier molecular flexibility index (Phi) is 7.45. The molecule has 3 aromatic rings. The number of carbonyl (C=O) groups is 1. The number of methoxy groups -OCH3 is 1. The highest BCUT2D eigenvalue weighted by Crippen LogP contribution is 2.22. The number of para-hydroxylation sites is 2. The van der Waals surface area contributed by atoms with Crippen molar-refractivity contribution in [3.63, 3.8) is 0 Å². The highest BCUT2D eigenvalue weighted by Gasteiger charge is 2.05. The number of ether oxygens (including phenoxy) is 2. The maximum absolute atomic E-state index is 12.3. The Balaban J connectivity index is 1.75. The molecule has 3 rings (SSSR count). The summed E-state index contributed by atoms with van der Waals surface area (Å²) in [6.45, 7) is 2.81. The second-order valence-corrected chi connectivity index (χ2v) is 7.62. The summed E-state index contributed by atoms with van der Waals surface area (Å²) in [5, 5.41) is 2.76. The maximum Gasteiger partial charge on any atom is 0.266 e. The van der Waals surface area contributed by atoms with Gasteiger partial charge in [-0.15, -0.1) is 11.3 Å². The molecule has 156 valence electrons. The van der Waals surface area contributed by atoms with E-state index in [2.05, 4.69) is 17.2 Å². The molecule has 30 heavy (non-hydrogen) atoms. The molecule has 1 aromatic heterocycles. The highest BCUT2D eigenvalue weighted by atomic mass is 32.1. The standard InChI is InChI=1S/C23H24N2O4S/c1-3-4-13-29-17-11-9-16(10-12-17)14-20-23(27)25-22(30-20)15-21(26)24-18-7-5-6-8-19(18)28-2/h5-12,14-15H,3-4,13H2,1-2H3,(H,24,26)(H,25,27)/b20-14-,22-15-. The summed E-state index contributed by atoms with van der Waals surface area (Å²) in [4.78, 5) is 27.3. The van der Waals surface area contributed by atoms with Crippen molar-refractivity contribution in [3.8, 4) is 11.5 Å². The van der Waals surface area contributed by atoms with E-state index < -0.39 is 0 Å². The third kappa shape index (κ3) is 5.84. The molecule has 0 fully saturated rings. The van der Waals surface area contributed by atoms with Crippen LogP contribution in [0.2, 0.25) is 0 Å². The summed E-state index contributed by atoms with van der Waals surface area (Å²) in [6, 6.07) is 14.7. The summed E-state index contributed by atoms with van der Waals surface area (Å²) in [5.41, 5.74) is 1.21. The number of aromatic nitrogens is 1. The van der Waals surface area contributed by atoms with E-state index >= 15 is 0 Å². The van der Waals surface area contributed by atoms with Gasteiger partial charge in [0, 0.05) is 6.08 Å². The lowest BCUT2D eigenvalue weighted by Gasteiger charge is -2.07. The molecule has 0 spiro atoms. The van der Waals surface area contributed by atoms with Crippen molar-refractivity contribution < 1.29 is 14.3 Å². The minimum Gasteiger partial charge on any atom is -0.495 e. The van der Waals surface area contributed by atoms with Gasteiger partial charge in [-0.25, -0.2) is 0 Å². The fraction of sp³-hybridized carbons (Fsp3) is 0.217. The summed E-state index contributed by atoms with van der Waals surface area (Å²) < 4.78 is 11.9. The Morgan fingerprint density at radius 1 is 1.17 bits per heavy atom. The fourth-order valence-electron chi connectivity index (χ4n) is 2.71. The Bertz CT molecular complexity index is 1160. The number of thiazole rings is 1. The second kappa shape index (κ2) is 10.5. The van der Waals surface area contributed by atoms with Crippen LogP contribution in [0.15, 0.2) is 53.3 Å². The zero-order chi connectivity index (χ0) is 21.3. The lowest BCUT2D eigenvalue weighted by Crippen LogP contribution is -2.20. The van der Waals surface area contributed by atoms with E-state index in [1.807, 2.05) is 30.3 Å². The average Bonchev–Trinajstić information content (AvgIpc) is 3.08. The van der Waals surface area contributed by atoms with Crippen LogP contribution < -0.4 is 29.5 Å². The quantitative estimate of drug-likeness (QED) is 0.545. The van der Waals surface area contributed by atoms with Crippen molar-refractivity contribution in [2.45, 2.75) is 19.8 Å². The molecule has 2 N–H and O–H groups in total. The van der Waals surface area contributed by atoms with E-state index in [4.69, 9.17) is 9.47 Å². The fourth-order valence-corrected chi connectivity index (χ4v) is 3.59. The van der Waals surface area contributed by atoms with Crippen molar-refractivity contribution in [2.24, 2.45) is 0 Å². The SMILES string of the molecule is CCCCOc1ccc(/C=c2\s/c(=C\C(=O)Nc3ccccc3OC)[nH]c2=O)cc1. The number of amides is 1. The molecular formula is C23H24N2O4S. The van der Waals surface area contributed by atoms with Gasteiger partial charge in [0.25, 0.3) is 11.5 Å². The predicted octanol–water partition coefficient (Wildman–Crippen LogP) is 2.87. The number of H-pyrrole nitrogens is 1.